The van der Waals surface area contributed by atoms with Gasteiger partial charge in [0.15, 0.2) is 23.2 Å². The van der Waals surface area contributed by atoms with Crippen molar-refractivity contribution < 1.29 is 56.6 Å². The molecule has 4 N–H and O–H groups in total. The molecule has 17 heteroatoms. The van der Waals surface area contributed by atoms with Gasteiger partial charge in [-0.25, -0.2) is 13.8 Å². The number of carbonyl (C=O) groups is 7. The van der Waals surface area contributed by atoms with Crippen LogP contribution in [0.4, 0.5) is 8.78 Å². The number of amides is 4. The lowest BCUT2D eigenvalue weighted by Gasteiger charge is -2.27. The summed E-state index contributed by atoms with van der Waals surface area (Å²) in [5.74, 6) is -9.49. The van der Waals surface area contributed by atoms with Crippen LogP contribution in [0.25, 0.3) is 10.9 Å². The van der Waals surface area contributed by atoms with Gasteiger partial charge in [0.1, 0.15) is 36.5 Å². The van der Waals surface area contributed by atoms with Gasteiger partial charge in [0.05, 0.1) is 26.2 Å². The molecule has 53 heavy (non-hydrogen) atoms. The number of carbonyl (C=O) groups excluding carboxylic acids is 7. The van der Waals surface area contributed by atoms with Gasteiger partial charge < -0.3 is 35.5 Å². The second-order valence-corrected chi connectivity index (χ2v) is 12.1. The Kier molecular flexibility index (Phi) is 15.3. The van der Waals surface area contributed by atoms with Crippen molar-refractivity contribution in [1.29, 1.82) is 0 Å². The number of esters is 2. The van der Waals surface area contributed by atoms with Gasteiger partial charge in [0, 0.05) is 11.8 Å². The van der Waals surface area contributed by atoms with Gasteiger partial charge in [-0.1, -0.05) is 44.2 Å². The van der Waals surface area contributed by atoms with Crippen LogP contribution >= 0.6 is 0 Å². The number of ketones is 1. The van der Waals surface area contributed by atoms with Crippen LogP contribution in [0.3, 0.4) is 0 Å². The highest BCUT2D eigenvalue weighted by Crippen LogP contribution is 2.21. The first-order valence-corrected chi connectivity index (χ1v) is 16.5. The smallest absolute Gasteiger partial charge is 0.308 e. The number of halogens is 2. The first kappa shape index (κ1) is 41.4. The molecular formula is C36H41F2N5O10. The Morgan fingerprint density at radius 2 is 1.36 bits per heavy atom. The molecule has 0 fully saturated rings. The molecule has 4 unspecified atom stereocenters. The Morgan fingerprint density at radius 3 is 2.00 bits per heavy atom. The van der Waals surface area contributed by atoms with E-state index in [0.29, 0.717) is 5.52 Å². The Labute approximate surface area is 303 Å². The van der Waals surface area contributed by atoms with E-state index in [9.17, 15) is 42.3 Å². The number of Topliss-reactive ketones (excluding diaryl/α,β-unsaturated/α-hetero) is 1. The summed E-state index contributed by atoms with van der Waals surface area (Å²) in [5.41, 5.74) is 0.608. The molecule has 1 heterocycles. The molecule has 0 aliphatic heterocycles. The SMILES string of the molecule is COC(=O)CCC(NC(=O)C(C)NC(=O)c1ccc2ccccc2n1)C(=O)NC(C(=O)NC(CC(=O)OC)C(=O)COc1c(F)cccc1F)C(C)C. The minimum absolute atomic E-state index is 0.0454. The number of ether oxygens (including phenoxy) is 3. The summed E-state index contributed by atoms with van der Waals surface area (Å²) in [6.07, 6.45) is -1.26. The topological polar surface area (TPSA) is 208 Å². The number of fused-ring (bicyclic) bond motifs is 1. The zero-order chi connectivity index (χ0) is 39.2. The molecule has 3 aromatic rings. The van der Waals surface area contributed by atoms with Crippen molar-refractivity contribution >= 4 is 52.3 Å². The van der Waals surface area contributed by atoms with E-state index in [-0.39, 0.29) is 18.5 Å². The van der Waals surface area contributed by atoms with Crippen molar-refractivity contribution in [2.75, 3.05) is 20.8 Å². The normalized spacial score (nSPS) is 13.1. The molecule has 0 saturated carbocycles. The number of nitrogens with zero attached hydrogens (tertiary/aromatic N) is 1. The van der Waals surface area contributed by atoms with Crippen LogP contribution in [0, 0.1) is 17.6 Å². The van der Waals surface area contributed by atoms with Crippen molar-refractivity contribution in [2.24, 2.45) is 5.92 Å². The Bertz CT molecular complexity index is 1820. The van der Waals surface area contributed by atoms with Gasteiger partial charge in [-0.2, -0.15) is 0 Å². The third-order valence-corrected chi connectivity index (χ3v) is 7.90. The molecule has 0 radical (unpaired) electrons. The number of pyridine rings is 1. The minimum Gasteiger partial charge on any atom is -0.480 e. The van der Waals surface area contributed by atoms with E-state index in [1.54, 1.807) is 32.0 Å². The molecule has 0 aliphatic carbocycles. The number of para-hydroxylation sites is 2. The lowest BCUT2D eigenvalue weighted by atomic mass is 10.0. The average molecular weight is 742 g/mol. The molecule has 284 valence electrons. The largest absolute Gasteiger partial charge is 0.480 e. The van der Waals surface area contributed by atoms with Crippen molar-refractivity contribution in [3.63, 3.8) is 0 Å². The molecule has 0 spiro atoms. The lowest BCUT2D eigenvalue weighted by molar-refractivity contribution is -0.144. The van der Waals surface area contributed by atoms with Crippen molar-refractivity contribution in [1.82, 2.24) is 26.3 Å². The number of methoxy groups -OCH3 is 2. The quantitative estimate of drug-likeness (QED) is 0.139. The number of aromatic nitrogens is 1. The highest BCUT2D eigenvalue weighted by atomic mass is 19.1. The van der Waals surface area contributed by atoms with Crippen molar-refractivity contribution in [3.05, 3.63) is 71.9 Å². The first-order valence-electron chi connectivity index (χ1n) is 16.5. The second kappa shape index (κ2) is 19.6. The fourth-order valence-electron chi connectivity index (χ4n) is 4.87. The number of rotatable bonds is 18. The molecule has 0 saturated heterocycles. The summed E-state index contributed by atoms with van der Waals surface area (Å²) in [7, 11) is 2.18. The summed E-state index contributed by atoms with van der Waals surface area (Å²) < 4.78 is 42.4. The lowest BCUT2D eigenvalue weighted by Crippen LogP contribution is -2.59. The van der Waals surface area contributed by atoms with Crippen molar-refractivity contribution in [3.8, 4) is 5.75 Å². The monoisotopic (exact) mass is 741 g/mol. The van der Waals surface area contributed by atoms with E-state index in [2.05, 4.69) is 35.7 Å². The Hall–Kier alpha value is -6.00. The molecule has 0 aliphatic rings. The number of nitrogens with one attached hydrogen (secondary N) is 4. The fourth-order valence-corrected chi connectivity index (χ4v) is 4.87. The molecule has 2 aromatic carbocycles. The van der Waals surface area contributed by atoms with E-state index in [0.717, 1.165) is 37.8 Å². The van der Waals surface area contributed by atoms with Crippen LogP contribution in [0.15, 0.2) is 54.6 Å². The maximum atomic E-state index is 14.0. The Balaban J connectivity index is 1.73. The standard InChI is InChI=1S/C36H41F2N5O10/c1-19(2)31(36(50)42-27(17-30(46)52-5)28(44)18-53-32-22(37)10-8-11-23(32)38)43-35(49)26(15-16-29(45)51-4)41-33(47)20(3)39-34(48)25-14-13-21-9-6-7-12-24(21)40-25/h6-14,19-20,26-27,31H,15-18H2,1-5H3,(H,39,48)(H,41,47)(H,42,50)(H,43,49). The van der Waals surface area contributed by atoms with E-state index in [1.165, 1.54) is 13.0 Å². The van der Waals surface area contributed by atoms with E-state index in [1.807, 2.05) is 12.1 Å². The Morgan fingerprint density at radius 1 is 0.717 bits per heavy atom. The summed E-state index contributed by atoms with van der Waals surface area (Å²) >= 11 is 0. The van der Waals surface area contributed by atoms with Crippen molar-refractivity contribution in [2.45, 2.75) is 64.2 Å². The maximum Gasteiger partial charge on any atom is 0.308 e. The summed E-state index contributed by atoms with van der Waals surface area (Å²) in [6, 6.07) is 7.67. The number of hydrogen-bond acceptors (Lipinski definition) is 11. The molecule has 1 aromatic heterocycles. The average Bonchev–Trinajstić information content (AvgIpc) is 3.13. The number of hydrogen-bond donors (Lipinski definition) is 4. The molecule has 4 atom stereocenters. The summed E-state index contributed by atoms with van der Waals surface area (Å²) in [6.45, 7) is 3.56. The van der Waals surface area contributed by atoms with Gasteiger partial charge in [-0.05, 0) is 43.5 Å². The van der Waals surface area contributed by atoms with Crippen LogP contribution < -0.4 is 26.0 Å². The van der Waals surface area contributed by atoms with Crippen LogP contribution in [-0.4, -0.2) is 91.3 Å². The van der Waals surface area contributed by atoms with E-state index in [4.69, 9.17) is 4.74 Å². The third-order valence-electron chi connectivity index (χ3n) is 7.90. The minimum atomic E-state index is -1.60. The zero-order valence-electron chi connectivity index (χ0n) is 29.7. The first-order chi connectivity index (χ1) is 25.1. The molecular weight excluding hydrogens is 700 g/mol. The second-order valence-electron chi connectivity index (χ2n) is 12.1. The molecule has 4 amide bonds. The van der Waals surface area contributed by atoms with Gasteiger partial charge in [0.25, 0.3) is 5.91 Å². The maximum absolute atomic E-state index is 14.0. The summed E-state index contributed by atoms with van der Waals surface area (Å²) in [4.78, 5) is 94.6. The zero-order valence-corrected chi connectivity index (χ0v) is 29.7. The van der Waals surface area contributed by atoms with E-state index >= 15 is 0 Å². The fraction of sp³-hybridized carbons (Fsp3) is 0.389. The highest BCUT2D eigenvalue weighted by molar-refractivity contribution is 5.99. The van der Waals surface area contributed by atoms with Gasteiger partial charge in [-0.15, -0.1) is 0 Å². The number of benzene rings is 2. The van der Waals surface area contributed by atoms with Gasteiger partial charge >= 0.3 is 11.9 Å². The van der Waals surface area contributed by atoms with Crippen LogP contribution in [0.1, 0.15) is 50.5 Å². The molecule has 0 bridgehead atoms. The molecule has 3 rings (SSSR count). The van der Waals surface area contributed by atoms with Gasteiger partial charge in [0.2, 0.25) is 17.7 Å². The van der Waals surface area contributed by atoms with Gasteiger partial charge in [-0.3, -0.25) is 33.6 Å². The predicted molar refractivity (Wildman–Crippen MR) is 184 cm³/mol. The predicted octanol–water partition coefficient (Wildman–Crippen LogP) is 1.91. The van der Waals surface area contributed by atoms with Crippen LogP contribution in [-0.2, 0) is 38.2 Å². The van der Waals surface area contributed by atoms with E-state index < -0.39 is 102 Å². The third kappa shape index (κ3) is 12.0. The van der Waals surface area contributed by atoms with Crippen LogP contribution in [0.2, 0.25) is 0 Å². The highest BCUT2D eigenvalue weighted by Gasteiger charge is 2.33. The van der Waals surface area contributed by atoms with Crippen LogP contribution in [0.5, 0.6) is 5.75 Å². The molecule has 15 nitrogen and oxygen atoms in total. The summed E-state index contributed by atoms with van der Waals surface area (Å²) in [5, 5.41) is 10.7.